The Hall–Kier alpha value is -3.55. The number of hydrogen-bond donors (Lipinski definition) is 1. The number of nitrogens with zero attached hydrogens (tertiary/aromatic N) is 3. The van der Waals surface area contributed by atoms with Crippen molar-refractivity contribution in [2.24, 2.45) is 0 Å². The predicted octanol–water partition coefficient (Wildman–Crippen LogP) is 8.67. The molecule has 2 heterocycles. The first-order chi connectivity index (χ1) is 20.3. The predicted molar refractivity (Wildman–Crippen MR) is 154 cm³/mol. The van der Waals surface area contributed by atoms with Gasteiger partial charge in [-0.3, -0.25) is 9.47 Å². The van der Waals surface area contributed by atoms with Crippen LogP contribution in [0.1, 0.15) is 23.0 Å². The zero-order valence-corrected chi connectivity index (χ0v) is 24.9. The van der Waals surface area contributed by atoms with Gasteiger partial charge in [0.2, 0.25) is 0 Å². The Labute approximate surface area is 255 Å². The van der Waals surface area contributed by atoms with E-state index in [0.717, 1.165) is 6.20 Å². The second-order valence-corrected chi connectivity index (χ2v) is 11.7. The summed E-state index contributed by atoms with van der Waals surface area (Å²) in [6.45, 7) is 2.51. The fourth-order valence-corrected chi connectivity index (χ4v) is 5.97. The molecule has 1 N–H and O–H groups in total. The average molecular weight is 654 g/mol. The van der Waals surface area contributed by atoms with E-state index in [1.807, 2.05) is 0 Å². The van der Waals surface area contributed by atoms with Crippen molar-refractivity contribution >= 4 is 34.0 Å². The van der Waals surface area contributed by atoms with Crippen molar-refractivity contribution in [1.29, 1.82) is 0 Å². The summed E-state index contributed by atoms with van der Waals surface area (Å²) in [4.78, 5) is 12.4. The molecule has 3 aromatic carbocycles. The minimum atomic E-state index is -4.69. The number of oxazole rings is 1. The van der Waals surface area contributed by atoms with E-state index in [1.54, 1.807) is 31.2 Å². The fraction of sp³-hybridized carbons (Fsp3) is 0.172. The van der Waals surface area contributed by atoms with E-state index in [4.69, 9.17) is 32.9 Å². The normalized spacial score (nSPS) is 12.6. The number of imidazole rings is 1. The Morgan fingerprint density at radius 3 is 2.40 bits per heavy atom. The van der Waals surface area contributed by atoms with Crippen molar-refractivity contribution in [2.75, 3.05) is 6.26 Å². The summed E-state index contributed by atoms with van der Waals surface area (Å²) in [6.07, 6.45) is -2.47. The third kappa shape index (κ3) is 6.11. The van der Waals surface area contributed by atoms with Gasteiger partial charge in [0, 0.05) is 46.0 Å². The van der Waals surface area contributed by atoms with Crippen molar-refractivity contribution in [3.8, 4) is 39.4 Å². The molecule has 0 aliphatic heterocycles. The molecular formula is C29H21Cl2F4N3O4S. The van der Waals surface area contributed by atoms with Crippen LogP contribution < -0.4 is 0 Å². The quantitative estimate of drug-likeness (QED) is 0.107. The van der Waals surface area contributed by atoms with Crippen LogP contribution in [0.4, 0.5) is 17.6 Å². The standard InChI is InChI=1S/C29H21Cl2F4N3O4S/c1-14-36-26(29(33,34)35)12-38(14)24-7-4-16(17-9-23(32)21(13-41-39)25(10-17)43(3)40)8-20(24)28-27(37-15(2)42-28)19-6-5-18(30)11-22(19)31/h4-12,39H,13H2,1-3H3. The van der Waals surface area contributed by atoms with Crippen LogP contribution in [0, 0.1) is 19.7 Å². The maximum Gasteiger partial charge on any atom is 0.434 e. The van der Waals surface area contributed by atoms with E-state index in [-0.39, 0.29) is 44.2 Å². The minimum absolute atomic E-state index is 0.0479. The first kappa shape index (κ1) is 30.9. The zero-order valence-electron chi connectivity index (χ0n) is 22.6. The Morgan fingerprint density at radius 1 is 1.02 bits per heavy atom. The van der Waals surface area contributed by atoms with E-state index >= 15 is 4.39 Å². The lowest BCUT2D eigenvalue weighted by Gasteiger charge is -2.15. The van der Waals surface area contributed by atoms with Gasteiger partial charge in [0.15, 0.2) is 17.3 Å². The third-order valence-electron chi connectivity index (χ3n) is 6.60. The minimum Gasteiger partial charge on any atom is -0.440 e. The van der Waals surface area contributed by atoms with E-state index < -0.39 is 35.1 Å². The maximum absolute atomic E-state index is 15.1. The number of aromatic nitrogens is 3. The molecule has 5 aromatic rings. The van der Waals surface area contributed by atoms with Gasteiger partial charge in [-0.1, -0.05) is 29.3 Å². The summed E-state index contributed by atoms with van der Waals surface area (Å²) in [5.41, 5.74) is 0.845. The highest BCUT2D eigenvalue weighted by Gasteiger charge is 2.35. The van der Waals surface area contributed by atoms with Crippen LogP contribution in [0.3, 0.4) is 0 Å². The van der Waals surface area contributed by atoms with Gasteiger partial charge in [-0.25, -0.2) is 19.2 Å². The SMILES string of the molecule is Cc1nc(-c2ccc(Cl)cc2Cl)c(-c2cc(-c3cc(F)c(COO)c(S(C)=O)c3)ccc2-n2cc(C(F)(F)F)nc2C)o1. The molecule has 0 aliphatic rings. The highest BCUT2D eigenvalue weighted by Crippen LogP contribution is 2.42. The number of alkyl halides is 3. The molecule has 1 atom stereocenters. The highest BCUT2D eigenvalue weighted by molar-refractivity contribution is 7.84. The summed E-state index contributed by atoms with van der Waals surface area (Å²) in [7, 11) is -1.65. The van der Waals surface area contributed by atoms with E-state index in [1.165, 1.54) is 42.0 Å². The van der Waals surface area contributed by atoms with E-state index in [2.05, 4.69) is 14.9 Å². The van der Waals surface area contributed by atoms with Gasteiger partial charge in [-0.05, 0) is 60.5 Å². The van der Waals surface area contributed by atoms with Crippen LogP contribution in [0.2, 0.25) is 10.0 Å². The summed E-state index contributed by atoms with van der Waals surface area (Å²) in [5, 5.41) is 9.54. The lowest BCUT2D eigenvalue weighted by Crippen LogP contribution is -2.05. The Balaban J connectivity index is 1.80. The first-order valence-corrected chi connectivity index (χ1v) is 14.7. The Morgan fingerprint density at radius 2 is 1.77 bits per heavy atom. The molecule has 224 valence electrons. The summed E-state index contributed by atoms with van der Waals surface area (Å²) in [6, 6.07) is 12.1. The van der Waals surface area contributed by atoms with Crippen LogP contribution in [0.25, 0.3) is 39.4 Å². The van der Waals surface area contributed by atoms with Gasteiger partial charge < -0.3 is 8.98 Å². The average Bonchev–Trinajstić information content (AvgIpc) is 3.51. The molecule has 0 aliphatic carbocycles. The van der Waals surface area contributed by atoms with Crippen LogP contribution in [0.15, 0.2) is 64.0 Å². The number of rotatable bonds is 7. The van der Waals surface area contributed by atoms with Crippen molar-refractivity contribution in [3.05, 3.63) is 93.6 Å². The molecule has 0 bridgehead atoms. The molecular weight excluding hydrogens is 633 g/mol. The molecule has 0 spiro atoms. The summed E-state index contributed by atoms with van der Waals surface area (Å²) < 4.78 is 75.6. The molecule has 1 unspecified atom stereocenters. The van der Waals surface area contributed by atoms with Crippen molar-refractivity contribution in [2.45, 2.75) is 31.5 Å². The lowest BCUT2D eigenvalue weighted by molar-refractivity contribution is -0.253. The maximum atomic E-state index is 15.1. The fourth-order valence-electron chi connectivity index (χ4n) is 4.67. The van der Waals surface area contributed by atoms with Gasteiger partial charge in [0.1, 0.15) is 23.9 Å². The number of hydrogen-bond acceptors (Lipinski definition) is 6. The van der Waals surface area contributed by atoms with Gasteiger partial charge in [0.25, 0.3) is 0 Å². The van der Waals surface area contributed by atoms with Gasteiger partial charge in [0.05, 0.1) is 21.5 Å². The Bertz CT molecular complexity index is 1890. The van der Waals surface area contributed by atoms with Crippen LogP contribution in [-0.2, 0) is 28.5 Å². The van der Waals surface area contributed by atoms with E-state index in [0.29, 0.717) is 27.4 Å². The molecule has 0 saturated heterocycles. The molecule has 0 amide bonds. The highest BCUT2D eigenvalue weighted by atomic mass is 35.5. The molecule has 43 heavy (non-hydrogen) atoms. The van der Waals surface area contributed by atoms with Crippen molar-refractivity contribution < 1.29 is 36.3 Å². The van der Waals surface area contributed by atoms with Gasteiger partial charge >= 0.3 is 6.18 Å². The molecule has 2 aromatic heterocycles. The third-order valence-corrected chi connectivity index (χ3v) is 8.13. The summed E-state index contributed by atoms with van der Waals surface area (Å²) >= 11 is 12.6. The first-order valence-electron chi connectivity index (χ1n) is 12.4. The molecule has 5 rings (SSSR count). The van der Waals surface area contributed by atoms with Crippen LogP contribution >= 0.6 is 23.2 Å². The molecule has 0 radical (unpaired) electrons. The topological polar surface area (TPSA) is 90.4 Å². The smallest absolute Gasteiger partial charge is 0.434 e. The molecule has 0 fully saturated rings. The second kappa shape index (κ2) is 11.9. The van der Waals surface area contributed by atoms with Crippen LogP contribution in [0.5, 0.6) is 0 Å². The molecule has 0 saturated carbocycles. The summed E-state index contributed by atoms with van der Waals surface area (Å²) in [5.74, 6) is -0.308. The molecule has 7 nitrogen and oxygen atoms in total. The van der Waals surface area contributed by atoms with Gasteiger partial charge in [-0.2, -0.15) is 13.2 Å². The van der Waals surface area contributed by atoms with Crippen molar-refractivity contribution in [1.82, 2.24) is 14.5 Å². The Kier molecular flexibility index (Phi) is 8.52. The van der Waals surface area contributed by atoms with Gasteiger partial charge in [-0.15, -0.1) is 0 Å². The van der Waals surface area contributed by atoms with E-state index in [9.17, 15) is 17.4 Å². The monoisotopic (exact) mass is 653 g/mol. The number of halogens is 6. The largest absolute Gasteiger partial charge is 0.440 e. The second-order valence-electron chi connectivity index (χ2n) is 9.47. The lowest BCUT2D eigenvalue weighted by atomic mass is 9.97. The zero-order chi connectivity index (χ0) is 31.2. The van der Waals surface area contributed by atoms with Crippen molar-refractivity contribution in [3.63, 3.8) is 0 Å². The number of aryl methyl sites for hydroxylation is 2. The molecule has 14 heteroatoms. The van der Waals surface area contributed by atoms with Crippen LogP contribution in [-0.4, -0.2) is 30.3 Å². The number of benzene rings is 3.